The Kier molecular flexibility index (Phi) is 3.95. The fourth-order valence-corrected chi connectivity index (χ4v) is 3.38. The molecule has 0 fully saturated rings. The van der Waals surface area contributed by atoms with Gasteiger partial charge in [0.05, 0.1) is 12.8 Å². The molecule has 2 aromatic carbocycles. The molecule has 0 unspecified atom stereocenters. The van der Waals surface area contributed by atoms with Gasteiger partial charge in [0, 0.05) is 21.8 Å². The normalized spacial score (nSPS) is 10.8. The number of aromatic amines is 1. The fourth-order valence-electron chi connectivity index (χ4n) is 2.67. The molecule has 0 bridgehead atoms. The summed E-state index contributed by atoms with van der Waals surface area (Å²) in [5, 5.41) is 6.29. The lowest BCUT2D eigenvalue weighted by Gasteiger charge is -2.05. The molecule has 0 radical (unpaired) electrons. The first-order valence-electron chi connectivity index (χ1n) is 7.72. The van der Waals surface area contributed by atoms with Crippen LogP contribution in [0, 0.1) is 0 Å². The van der Waals surface area contributed by atoms with Gasteiger partial charge in [-0.15, -0.1) is 11.3 Å². The second kappa shape index (κ2) is 6.41. The maximum atomic E-state index is 12.5. The summed E-state index contributed by atoms with van der Waals surface area (Å²) in [6, 6.07) is 17.3. The number of nitrogens with one attached hydrogen (secondary N) is 2. The minimum Gasteiger partial charge on any atom is -0.496 e. The summed E-state index contributed by atoms with van der Waals surface area (Å²) < 4.78 is 5.37. The lowest BCUT2D eigenvalue weighted by molar-refractivity contribution is 0.102. The minimum atomic E-state index is -0.211. The largest absolute Gasteiger partial charge is 0.496 e. The molecule has 4 rings (SSSR count). The van der Waals surface area contributed by atoms with Crippen LogP contribution < -0.4 is 10.1 Å². The van der Waals surface area contributed by atoms with Crippen LogP contribution in [0.3, 0.4) is 0 Å². The summed E-state index contributed by atoms with van der Waals surface area (Å²) in [6.45, 7) is 0. The van der Waals surface area contributed by atoms with Gasteiger partial charge in [-0.1, -0.05) is 30.3 Å². The summed E-state index contributed by atoms with van der Waals surface area (Å²) in [4.78, 5) is 20.1. The molecule has 4 aromatic rings. The van der Waals surface area contributed by atoms with E-state index in [1.54, 1.807) is 7.11 Å². The van der Waals surface area contributed by atoms with Crippen LogP contribution >= 0.6 is 11.3 Å². The van der Waals surface area contributed by atoms with Crippen LogP contribution in [0.4, 0.5) is 5.13 Å². The minimum absolute atomic E-state index is 0.211. The number of nitrogens with zero attached hydrogens (tertiary/aromatic N) is 1. The number of amides is 1. The number of methoxy groups -OCH3 is 1. The molecule has 5 nitrogen and oxygen atoms in total. The molecule has 2 aromatic heterocycles. The number of carbonyl (C=O) groups is 1. The van der Waals surface area contributed by atoms with Crippen molar-refractivity contribution in [3.05, 3.63) is 65.7 Å². The molecule has 1 amide bonds. The zero-order valence-electron chi connectivity index (χ0n) is 13.4. The molecule has 25 heavy (non-hydrogen) atoms. The Balaban J connectivity index is 1.57. The monoisotopic (exact) mass is 349 g/mol. The van der Waals surface area contributed by atoms with E-state index >= 15 is 0 Å². The quantitative estimate of drug-likeness (QED) is 0.568. The third kappa shape index (κ3) is 2.99. The topological polar surface area (TPSA) is 67.0 Å². The zero-order valence-corrected chi connectivity index (χ0v) is 14.3. The number of anilines is 1. The number of para-hydroxylation sites is 2. The van der Waals surface area contributed by atoms with Crippen molar-refractivity contribution in [2.45, 2.75) is 0 Å². The van der Waals surface area contributed by atoms with E-state index in [0.29, 0.717) is 10.8 Å². The van der Waals surface area contributed by atoms with E-state index in [4.69, 9.17) is 4.74 Å². The Morgan fingerprint density at radius 3 is 2.80 bits per heavy atom. The van der Waals surface area contributed by atoms with E-state index in [9.17, 15) is 4.79 Å². The number of ether oxygens (including phenoxy) is 1. The molecular formula is C19H15N3O2S. The average Bonchev–Trinajstić information content (AvgIpc) is 3.28. The Labute approximate surface area is 148 Å². The number of rotatable bonds is 4. The molecular weight excluding hydrogens is 334 g/mol. The number of carbonyl (C=O) groups excluding carboxylic acids is 1. The van der Waals surface area contributed by atoms with Gasteiger partial charge in [-0.3, -0.25) is 10.1 Å². The molecule has 6 heteroatoms. The summed E-state index contributed by atoms with van der Waals surface area (Å²) in [6.07, 6.45) is 0. The van der Waals surface area contributed by atoms with Crippen molar-refractivity contribution in [1.82, 2.24) is 9.97 Å². The second-order valence-electron chi connectivity index (χ2n) is 5.46. The first-order chi connectivity index (χ1) is 12.2. The predicted octanol–water partition coefficient (Wildman–Crippen LogP) is 4.55. The van der Waals surface area contributed by atoms with E-state index in [2.05, 4.69) is 15.3 Å². The van der Waals surface area contributed by atoms with Crippen molar-refractivity contribution < 1.29 is 9.53 Å². The van der Waals surface area contributed by atoms with Gasteiger partial charge >= 0.3 is 0 Å². The van der Waals surface area contributed by atoms with Gasteiger partial charge in [-0.25, -0.2) is 4.98 Å². The third-order valence-electron chi connectivity index (χ3n) is 3.88. The van der Waals surface area contributed by atoms with Crippen LogP contribution in [0.2, 0.25) is 0 Å². The summed E-state index contributed by atoms with van der Waals surface area (Å²) in [5.74, 6) is 0.540. The highest BCUT2D eigenvalue weighted by Gasteiger charge is 2.13. The van der Waals surface area contributed by atoms with Crippen molar-refractivity contribution in [3.63, 3.8) is 0 Å². The molecule has 0 saturated heterocycles. The maximum absolute atomic E-state index is 12.5. The molecule has 2 N–H and O–H groups in total. The number of hydrogen-bond acceptors (Lipinski definition) is 4. The van der Waals surface area contributed by atoms with Crippen molar-refractivity contribution in [3.8, 4) is 17.0 Å². The molecule has 0 saturated carbocycles. The fraction of sp³-hybridized carbons (Fsp3) is 0.0526. The lowest BCUT2D eigenvalue weighted by atomic mass is 10.1. The Hall–Kier alpha value is -3.12. The highest BCUT2D eigenvalue weighted by atomic mass is 32.1. The number of hydrogen-bond donors (Lipinski definition) is 2. The highest BCUT2D eigenvalue weighted by Crippen LogP contribution is 2.32. The number of fused-ring (bicyclic) bond motifs is 1. The molecule has 0 aliphatic heterocycles. The molecule has 2 heterocycles. The van der Waals surface area contributed by atoms with Gasteiger partial charge in [-0.05, 0) is 24.3 Å². The van der Waals surface area contributed by atoms with Gasteiger partial charge in [0.15, 0.2) is 5.13 Å². The Morgan fingerprint density at radius 1 is 1.16 bits per heavy atom. The second-order valence-corrected chi connectivity index (χ2v) is 6.32. The lowest BCUT2D eigenvalue weighted by Crippen LogP contribution is -2.11. The van der Waals surface area contributed by atoms with E-state index < -0.39 is 0 Å². The predicted molar refractivity (Wildman–Crippen MR) is 100 cm³/mol. The summed E-state index contributed by atoms with van der Waals surface area (Å²) >= 11 is 1.38. The van der Waals surface area contributed by atoms with Crippen molar-refractivity contribution in [2.24, 2.45) is 0 Å². The molecule has 0 atom stereocenters. The first-order valence-corrected chi connectivity index (χ1v) is 8.60. The van der Waals surface area contributed by atoms with E-state index in [0.717, 1.165) is 27.9 Å². The van der Waals surface area contributed by atoms with E-state index in [-0.39, 0.29) is 5.91 Å². The van der Waals surface area contributed by atoms with Crippen LogP contribution in [-0.2, 0) is 0 Å². The van der Waals surface area contributed by atoms with Gasteiger partial charge in [-0.2, -0.15) is 0 Å². The van der Waals surface area contributed by atoms with Crippen LogP contribution in [0.5, 0.6) is 5.75 Å². The van der Waals surface area contributed by atoms with Crippen LogP contribution in [0.1, 0.15) is 10.5 Å². The Bertz CT molecular complexity index is 1020. The smallest absolute Gasteiger partial charge is 0.273 e. The van der Waals surface area contributed by atoms with Crippen molar-refractivity contribution in [2.75, 3.05) is 12.4 Å². The highest BCUT2D eigenvalue weighted by molar-refractivity contribution is 7.14. The number of H-pyrrole nitrogens is 1. The SMILES string of the molecule is COc1ccccc1-c1csc(NC(=O)c2cc3ccccc3[nH]2)n1. The molecule has 0 spiro atoms. The average molecular weight is 349 g/mol. The summed E-state index contributed by atoms with van der Waals surface area (Å²) in [7, 11) is 1.63. The number of benzene rings is 2. The zero-order chi connectivity index (χ0) is 17.2. The van der Waals surface area contributed by atoms with Gasteiger partial charge in [0.1, 0.15) is 11.4 Å². The number of aromatic nitrogens is 2. The van der Waals surface area contributed by atoms with Gasteiger partial charge in [0.2, 0.25) is 0 Å². The van der Waals surface area contributed by atoms with Crippen LogP contribution in [0.15, 0.2) is 60.0 Å². The van der Waals surface area contributed by atoms with E-state index in [1.165, 1.54) is 11.3 Å². The standard InChI is InChI=1S/C19H15N3O2S/c1-24-17-9-5-3-7-13(17)16-11-25-19(21-16)22-18(23)15-10-12-6-2-4-8-14(12)20-15/h2-11,20H,1H3,(H,21,22,23). The first kappa shape index (κ1) is 15.4. The molecule has 0 aliphatic carbocycles. The number of thiazole rings is 1. The van der Waals surface area contributed by atoms with Crippen molar-refractivity contribution in [1.29, 1.82) is 0 Å². The summed E-state index contributed by atoms with van der Waals surface area (Å²) in [5.41, 5.74) is 3.11. The third-order valence-corrected chi connectivity index (χ3v) is 4.64. The van der Waals surface area contributed by atoms with Crippen LogP contribution in [-0.4, -0.2) is 23.0 Å². The van der Waals surface area contributed by atoms with E-state index in [1.807, 2.05) is 60.0 Å². The van der Waals surface area contributed by atoms with Crippen LogP contribution in [0.25, 0.3) is 22.2 Å². The van der Waals surface area contributed by atoms with Gasteiger partial charge in [0.25, 0.3) is 5.91 Å². The molecule has 124 valence electrons. The van der Waals surface area contributed by atoms with Gasteiger partial charge < -0.3 is 9.72 Å². The molecule has 0 aliphatic rings. The Morgan fingerprint density at radius 2 is 1.96 bits per heavy atom. The maximum Gasteiger partial charge on any atom is 0.273 e. The van der Waals surface area contributed by atoms with Crippen molar-refractivity contribution >= 4 is 33.3 Å².